The maximum Gasteiger partial charge on any atom is 0.338 e. The molecule has 0 saturated carbocycles. The smallest absolute Gasteiger partial charge is 0.338 e. The Kier molecular flexibility index (Phi) is 7.66. The normalized spacial score (nSPS) is 24.3. The number of aliphatic hydroxyl groups excluding tert-OH is 3. The van der Waals surface area contributed by atoms with Gasteiger partial charge in [0.2, 0.25) is 6.29 Å². The van der Waals surface area contributed by atoms with E-state index in [0.29, 0.717) is 5.56 Å². The van der Waals surface area contributed by atoms with Crippen molar-refractivity contribution in [2.24, 2.45) is 0 Å². The third-order valence-electron chi connectivity index (χ3n) is 5.00. The SMILES string of the molecule is O=C(/C=C/c1ccc(O)c(O)c1)OC1O[C@H](COC(=O)c2cc(O)c(O)c(O)c2)[C@@H](O)[C@H](O)[C@H]1O. The van der Waals surface area contributed by atoms with Crippen LogP contribution in [-0.2, 0) is 19.0 Å². The maximum absolute atomic E-state index is 12.2. The highest BCUT2D eigenvalue weighted by molar-refractivity contribution is 5.91. The Morgan fingerprint density at radius 2 is 1.51 bits per heavy atom. The summed E-state index contributed by atoms with van der Waals surface area (Å²) >= 11 is 0. The second-order valence-corrected chi connectivity index (χ2v) is 7.49. The minimum absolute atomic E-state index is 0.328. The van der Waals surface area contributed by atoms with Crippen molar-refractivity contribution in [2.45, 2.75) is 30.7 Å². The minimum atomic E-state index is -1.85. The van der Waals surface area contributed by atoms with Crippen LogP contribution in [0.1, 0.15) is 15.9 Å². The topological polar surface area (TPSA) is 224 Å². The van der Waals surface area contributed by atoms with E-state index in [1.165, 1.54) is 24.3 Å². The maximum atomic E-state index is 12.2. The molecule has 1 saturated heterocycles. The van der Waals surface area contributed by atoms with Gasteiger partial charge in [0.15, 0.2) is 28.7 Å². The lowest BCUT2D eigenvalue weighted by Crippen LogP contribution is -2.59. The van der Waals surface area contributed by atoms with Gasteiger partial charge in [0.25, 0.3) is 0 Å². The standard InChI is InChI=1S/C22H22O13/c23-11-3-1-9(5-12(11)24)2-4-16(27)35-22-20(31)19(30)18(29)15(34-22)8-33-21(32)10-6-13(25)17(28)14(26)7-10/h1-7,15,18-20,22-26,28-31H,8H2/b4-2+/t15-,18-,19+,20-,22?/m1/s1. The summed E-state index contributed by atoms with van der Waals surface area (Å²) in [5, 5.41) is 77.4. The molecule has 35 heavy (non-hydrogen) atoms. The fourth-order valence-electron chi connectivity index (χ4n) is 3.08. The summed E-state index contributed by atoms with van der Waals surface area (Å²) in [4.78, 5) is 24.3. The zero-order valence-electron chi connectivity index (χ0n) is 17.8. The van der Waals surface area contributed by atoms with Gasteiger partial charge in [-0.05, 0) is 35.9 Å². The lowest BCUT2D eigenvalue weighted by molar-refractivity contribution is -0.290. The third-order valence-corrected chi connectivity index (χ3v) is 5.00. The number of hydrogen-bond donors (Lipinski definition) is 8. The molecule has 0 aliphatic carbocycles. The average Bonchev–Trinajstić information content (AvgIpc) is 2.82. The summed E-state index contributed by atoms with van der Waals surface area (Å²) in [6, 6.07) is 5.39. The Morgan fingerprint density at radius 1 is 0.857 bits per heavy atom. The molecule has 188 valence electrons. The van der Waals surface area contributed by atoms with Crippen LogP contribution in [0, 0.1) is 0 Å². The zero-order chi connectivity index (χ0) is 25.9. The van der Waals surface area contributed by atoms with E-state index < -0.39 is 72.2 Å². The van der Waals surface area contributed by atoms with Gasteiger partial charge in [-0.15, -0.1) is 0 Å². The summed E-state index contributed by atoms with van der Waals surface area (Å²) in [5.74, 6) is -5.32. The molecule has 8 N–H and O–H groups in total. The molecule has 0 radical (unpaired) electrons. The fraction of sp³-hybridized carbons (Fsp3) is 0.273. The van der Waals surface area contributed by atoms with E-state index in [4.69, 9.17) is 14.2 Å². The molecular formula is C22H22O13. The molecule has 0 aromatic heterocycles. The van der Waals surface area contributed by atoms with Gasteiger partial charge in [0.1, 0.15) is 31.0 Å². The molecule has 2 aromatic carbocycles. The van der Waals surface area contributed by atoms with E-state index in [0.717, 1.165) is 18.2 Å². The number of phenols is 5. The first kappa shape index (κ1) is 25.6. The number of aliphatic hydroxyl groups is 3. The highest BCUT2D eigenvalue weighted by Gasteiger charge is 2.46. The number of benzene rings is 2. The van der Waals surface area contributed by atoms with E-state index >= 15 is 0 Å². The van der Waals surface area contributed by atoms with Crippen molar-refractivity contribution in [1.29, 1.82) is 0 Å². The van der Waals surface area contributed by atoms with Crippen molar-refractivity contribution >= 4 is 18.0 Å². The Hall–Kier alpha value is -4.04. The van der Waals surface area contributed by atoms with Crippen molar-refractivity contribution in [3.05, 3.63) is 47.5 Å². The molecule has 5 atom stereocenters. The lowest BCUT2D eigenvalue weighted by Gasteiger charge is -2.39. The van der Waals surface area contributed by atoms with Crippen molar-refractivity contribution in [3.63, 3.8) is 0 Å². The number of carbonyl (C=O) groups excluding carboxylic acids is 2. The average molecular weight is 494 g/mol. The highest BCUT2D eigenvalue weighted by atomic mass is 16.7. The first-order valence-electron chi connectivity index (χ1n) is 10.00. The lowest BCUT2D eigenvalue weighted by atomic mass is 9.99. The molecule has 2 aromatic rings. The van der Waals surface area contributed by atoms with Crippen molar-refractivity contribution in [1.82, 2.24) is 0 Å². The molecule has 13 heteroatoms. The number of hydrogen-bond acceptors (Lipinski definition) is 13. The molecule has 1 heterocycles. The van der Waals surface area contributed by atoms with Crippen LogP contribution in [-0.4, -0.2) is 90.1 Å². The second-order valence-electron chi connectivity index (χ2n) is 7.49. The van der Waals surface area contributed by atoms with Gasteiger partial charge in [-0.3, -0.25) is 0 Å². The van der Waals surface area contributed by atoms with Crippen molar-refractivity contribution in [2.75, 3.05) is 6.61 Å². The summed E-state index contributed by atoms with van der Waals surface area (Å²) < 4.78 is 15.1. The third kappa shape index (κ3) is 5.91. The molecule has 1 aliphatic heterocycles. The molecule has 1 fully saturated rings. The summed E-state index contributed by atoms with van der Waals surface area (Å²) in [7, 11) is 0. The first-order valence-corrected chi connectivity index (χ1v) is 10.00. The van der Waals surface area contributed by atoms with Crippen LogP contribution in [0.15, 0.2) is 36.4 Å². The number of carbonyl (C=O) groups is 2. The largest absolute Gasteiger partial charge is 0.504 e. The van der Waals surface area contributed by atoms with E-state index in [2.05, 4.69) is 0 Å². The minimum Gasteiger partial charge on any atom is -0.504 e. The predicted octanol–water partition coefficient (Wildman–Crippen LogP) is -0.564. The Balaban J connectivity index is 1.63. The molecule has 0 bridgehead atoms. The number of phenolic OH excluding ortho intramolecular Hbond substituents is 5. The first-order chi connectivity index (χ1) is 16.5. The van der Waals surface area contributed by atoms with Gasteiger partial charge in [-0.1, -0.05) is 6.07 Å². The molecule has 1 unspecified atom stereocenters. The van der Waals surface area contributed by atoms with Crippen molar-refractivity contribution in [3.8, 4) is 28.7 Å². The fourth-order valence-corrected chi connectivity index (χ4v) is 3.08. The van der Waals surface area contributed by atoms with Crippen LogP contribution in [0.3, 0.4) is 0 Å². The zero-order valence-corrected chi connectivity index (χ0v) is 17.8. The van der Waals surface area contributed by atoms with Gasteiger partial charge in [-0.25, -0.2) is 9.59 Å². The molecule has 1 aliphatic rings. The summed E-state index contributed by atoms with van der Waals surface area (Å²) in [6.45, 7) is -0.692. The van der Waals surface area contributed by atoms with Crippen LogP contribution >= 0.6 is 0 Å². The Bertz CT molecular complexity index is 1110. The molecule has 3 rings (SSSR count). The van der Waals surface area contributed by atoms with Crippen molar-refractivity contribution < 1.29 is 64.7 Å². The Labute approximate surface area is 196 Å². The summed E-state index contributed by atoms with van der Waals surface area (Å²) in [5.41, 5.74) is -0.0222. The number of esters is 2. The van der Waals surface area contributed by atoms with Gasteiger partial charge in [0, 0.05) is 6.08 Å². The second kappa shape index (κ2) is 10.5. The molecular weight excluding hydrogens is 472 g/mol. The molecule has 13 nitrogen and oxygen atoms in total. The summed E-state index contributed by atoms with van der Waals surface area (Å²) in [6.07, 6.45) is -6.51. The molecule has 0 spiro atoms. The van der Waals surface area contributed by atoms with Crippen LogP contribution in [0.5, 0.6) is 28.7 Å². The quantitative estimate of drug-likeness (QED) is 0.143. The van der Waals surface area contributed by atoms with Gasteiger partial charge < -0.3 is 55.1 Å². The van der Waals surface area contributed by atoms with E-state index in [9.17, 15) is 50.4 Å². The monoisotopic (exact) mass is 494 g/mol. The van der Waals surface area contributed by atoms with Gasteiger partial charge >= 0.3 is 11.9 Å². The molecule has 0 amide bonds. The van der Waals surface area contributed by atoms with E-state index in [1.807, 2.05) is 0 Å². The van der Waals surface area contributed by atoms with Gasteiger partial charge in [0.05, 0.1) is 5.56 Å². The van der Waals surface area contributed by atoms with Crippen LogP contribution in [0.25, 0.3) is 6.08 Å². The van der Waals surface area contributed by atoms with Crippen LogP contribution in [0.2, 0.25) is 0 Å². The van der Waals surface area contributed by atoms with E-state index in [-0.39, 0.29) is 11.3 Å². The van der Waals surface area contributed by atoms with E-state index in [1.54, 1.807) is 0 Å². The van der Waals surface area contributed by atoms with Crippen LogP contribution < -0.4 is 0 Å². The van der Waals surface area contributed by atoms with Gasteiger partial charge in [-0.2, -0.15) is 0 Å². The number of rotatable bonds is 6. The highest BCUT2D eigenvalue weighted by Crippen LogP contribution is 2.35. The number of aromatic hydroxyl groups is 5. The van der Waals surface area contributed by atoms with Crippen LogP contribution in [0.4, 0.5) is 0 Å². The number of ether oxygens (including phenoxy) is 3. The Morgan fingerprint density at radius 3 is 2.14 bits per heavy atom. The predicted molar refractivity (Wildman–Crippen MR) is 113 cm³/mol.